The van der Waals surface area contributed by atoms with E-state index < -0.39 is 29.9 Å². The van der Waals surface area contributed by atoms with Crippen LogP contribution < -0.4 is 10.6 Å². The average Bonchev–Trinajstić information content (AvgIpc) is 3.54. The third kappa shape index (κ3) is 4.24. The normalized spacial score (nSPS) is 18.5. The Morgan fingerprint density at radius 3 is 2.40 bits per heavy atom. The van der Waals surface area contributed by atoms with Gasteiger partial charge in [-0.25, -0.2) is 9.59 Å². The van der Waals surface area contributed by atoms with Crippen molar-refractivity contribution in [1.29, 1.82) is 0 Å². The lowest BCUT2D eigenvalue weighted by molar-refractivity contribution is -0.120. The SMILES string of the molecule is Cn1ncc(C(=O)O)c1NC(=O)C1COCC1NC(=O)OCC1c2ccccc2-c2ccccc21. The van der Waals surface area contributed by atoms with Crippen LogP contribution in [0.1, 0.15) is 27.4 Å². The Balaban J connectivity index is 1.22. The van der Waals surface area contributed by atoms with Gasteiger partial charge in [0.1, 0.15) is 18.0 Å². The second kappa shape index (κ2) is 9.22. The molecule has 10 nitrogen and oxygen atoms in total. The van der Waals surface area contributed by atoms with Gasteiger partial charge in [0.15, 0.2) is 0 Å². The molecule has 3 N–H and O–H groups in total. The summed E-state index contributed by atoms with van der Waals surface area (Å²) in [7, 11) is 1.53. The van der Waals surface area contributed by atoms with Gasteiger partial charge in [0.05, 0.1) is 31.4 Å². The van der Waals surface area contributed by atoms with Gasteiger partial charge in [-0.3, -0.25) is 9.48 Å². The maximum absolute atomic E-state index is 12.9. The minimum atomic E-state index is -1.20. The van der Waals surface area contributed by atoms with Crippen molar-refractivity contribution in [1.82, 2.24) is 15.1 Å². The van der Waals surface area contributed by atoms with Crippen molar-refractivity contribution in [3.8, 4) is 11.1 Å². The van der Waals surface area contributed by atoms with E-state index in [1.165, 1.54) is 11.7 Å². The standard InChI is InChI=1S/C25H24N4O6/c1-29-22(18(10-26-29)24(31)32)28-23(30)20-11-34-13-21(20)27-25(33)35-12-19-16-8-4-2-6-14(16)15-7-3-5-9-17(15)19/h2-10,19-21H,11-13H2,1H3,(H,27,33)(H,28,30)(H,31,32). The van der Waals surface area contributed by atoms with Gasteiger partial charge >= 0.3 is 12.1 Å². The minimum absolute atomic E-state index is 0.0642. The predicted octanol–water partition coefficient (Wildman–Crippen LogP) is 2.61. The van der Waals surface area contributed by atoms with Gasteiger partial charge in [-0.1, -0.05) is 48.5 Å². The lowest BCUT2D eigenvalue weighted by atomic mass is 9.98. The van der Waals surface area contributed by atoms with Crippen LogP contribution in [0, 0.1) is 5.92 Å². The Labute approximate surface area is 200 Å². The lowest BCUT2D eigenvalue weighted by Crippen LogP contribution is -2.45. The molecule has 0 radical (unpaired) electrons. The molecule has 5 rings (SSSR count). The predicted molar refractivity (Wildman–Crippen MR) is 125 cm³/mol. The number of ether oxygens (including phenoxy) is 2. The lowest BCUT2D eigenvalue weighted by Gasteiger charge is -2.20. The number of carboxylic acids is 1. The van der Waals surface area contributed by atoms with Crippen LogP contribution >= 0.6 is 0 Å². The van der Waals surface area contributed by atoms with Crippen molar-refractivity contribution in [3.63, 3.8) is 0 Å². The highest BCUT2D eigenvalue weighted by Crippen LogP contribution is 2.44. The molecule has 180 valence electrons. The maximum Gasteiger partial charge on any atom is 0.407 e. The fourth-order valence-electron chi connectivity index (χ4n) is 4.70. The number of hydrogen-bond donors (Lipinski definition) is 3. The van der Waals surface area contributed by atoms with Crippen LogP contribution in [0.15, 0.2) is 54.7 Å². The van der Waals surface area contributed by atoms with Crippen molar-refractivity contribution in [3.05, 3.63) is 71.4 Å². The number of fused-ring (bicyclic) bond motifs is 3. The molecular formula is C25H24N4O6. The molecule has 0 bridgehead atoms. The smallest absolute Gasteiger partial charge is 0.407 e. The van der Waals surface area contributed by atoms with Crippen molar-refractivity contribution >= 4 is 23.8 Å². The molecule has 2 aliphatic rings. The van der Waals surface area contributed by atoms with E-state index in [1.807, 2.05) is 36.4 Å². The number of carbonyl (C=O) groups excluding carboxylic acids is 2. The first-order chi connectivity index (χ1) is 16.9. The monoisotopic (exact) mass is 476 g/mol. The molecule has 0 saturated carbocycles. The summed E-state index contributed by atoms with van der Waals surface area (Å²) < 4.78 is 12.3. The summed E-state index contributed by atoms with van der Waals surface area (Å²) in [6, 6.07) is 15.5. The van der Waals surface area contributed by atoms with E-state index in [1.54, 1.807) is 0 Å². The zero-order chi connectivity index (χ0) is 24.5. The molecule has 1 saturated heterocycles. The molecule has 1 aliphatic heterocycles. The number of nitrogens with one attached hydrogen (secondary N) is 2. The van der Waals surface area contributed by atoms with E-state index in [4.69, 9.17) is 9.47 Å². The van der Waals surface area contributed by atoms with Gasteiger partial charge in [-0.2, -0.15) is 5.10 Å². The van der Waals surface area contributed by atoms with E-state index in [0.717, 1.165) is 28.5 Å². The summed E-state index contributed by atoms with van der Waals surface area (Å²) in [5.41, 5.74) is 4.35. The van der Waals surface area contributed by atoms with Crippen LogP contribution in [0.5, 0.6) is 0 Å². The zero-order valence-electron chi connectivity index (χ0n) is 18.9. The number of hydrogen-bond acceptors (Lipinski definition) is 6. The highest BCUT2D eigenvalue weighted by molar-refractivity contribution is 6.00. The Morgan fingerprint density at radius 2 is 1.74 bits per heavy atom. The number of amides is 2. The molecule has 2 amide bonds. The van der Waals surface area contributed by atoms with Crippen LogP contribution in [0.25, 0.3) is 11.1 Å². The highest BCUT2D eigenvalue weighted by Gasteiger charge is 2.37. The van der Waals surface area contributed by atoms with E-state index in [-0.39, 0.29) is 37.1 Å². The van der Waals surface area contributed by atoms with Gasteiger partial charge < -0.3 is 25.2 Å². The number of benzene rings is 2. The van der Waals surface area contributed by atoms with Gasteiger partial charge in [0, 0.05) is 13.0 Å². The molecule has 2 aromatic carbocycles. The topological polar surface area (TPSA) is 132 Å². The first-order valence-corrected chi connectivity index (χ1v) is 11.2. The van der Waals surface area contributed by atoms with Crippen LogP contribution in [-0.4, -0.2) is 58.7 Å². The fourth-order valence-corrected chi connectivity index (χ4v) is 4.70. The molecule has 1 aliphatic carbocycles. The molecule has 1 aromatic heterocycles. The molecule has 35 heavy (non-hydrogen) atoms. The number of aromatic nitrogens is 2. The van der Waals surface area contributed by atoms with Crippen LogP contribution in [-0.2, 0) is 21.3 Å². The summed E-state index contributed by atoms with van der Waals surface area (Å²) in [5.74, 6) is -2.41. The van der Waals surface area contributed by atoms with Gasteiger partial charge in [-0.15, -0.1) is 0 Å². The summed E-state index contributed by atoms with van der Waals surface area (Å²) >= 11 is 0. The van der Waals surface area contributed by atoms with Crippen LogP contribution in [0.3, 0.4) is 0 Å². The van der Waals surface area contributed by atoms with E-state index >= 15 is 0 Å². The van der Waals surface area contributed by atoms with Gasteiger partial charge in [0.2, 0.25) is 5.91 Å². The zero-order valence-corrected chi connectivity index (χ0v) is 18.9. The van der Waals surface area contributed by atoms with Crippen molar-refractivity contribution in [2.75, 3.05) is 25.1 Å². The van der Waals surface area contributed by atoms with E-state index in [0.29, 0.717) is 0 Å². The summed E-state index contributed by atoms with van der Waals surface area (Å²) in [4.78, 5) is 36.9. The summed E-state index contributed by atoms with van der Waals surface area (Å²) in [6.45, 7) is 0.376. The largest absolute Gasteiger partial charge is 0.477 e. The van der Waals surface area contributed by atoms with Crippen LogP contribution in [0.2, 0.25) is 0 Å². The number of rotatable bonds is 6. The number of anilines is 1. The third-order valence-electron chi connectivity index (χ3n) is 6.47. The number of alkyl carbamates (subject to hydrolysis) is 1. The Morgan fingerprint density at radius 1 is 1.09 bits per heavy atom. The molecule has 2 heterocycles. The van der Waals surface area contributed by atoms with E-state index in [2.05, 4.69) is 27.9 Å². The van der Waals surface area contributed by atoms with Crippen molar-refractivity contribution in [2.24, 2.45) is 13.0 Å². The van der Waals surface area contributed by atoms with Gasteiger partial charge in [0.25, 0.3) is 0 Å². The van der Waals surface area contributed by atoms with Gasteiger partial charge in [-0.05, 0) is 22.3 Å². The molecule has 1 fully saturated rings. The second-order valence-electron chi connectivity index (χ2n) is 8.55. The number of nitrogens with zero attached hydrogens (tertiary/aromatic N) is 2. The first kappa shape index (κ1) is 22.6. The Kier molecular flexibility index (Phi) is 5.96. The Hall–Kier alpha value is -4.18. The molecule has 3 aromatic rings. The van der Waals surface area contributed by atoms with E-state index in [9.17, 15) is 19.5 Å². The van der Waals surface area contributed by atoms with Crippen molar-refractivity contribution < 1.29 is 29.0 Å². The minimum Gasteiger partial charge on any atom is -0.477 e. The Bertz CT molecular complexity index is 1260. The second-order valence-corrected chi connectivity index (χ2v) is 8.55. The molecule has 10 heteroatoms. The molecule has 0 spiro atoms. The summed E-state index contributed by atoms with van der Waals surface area (Å²) in [6.07, 6.45) is 0.516. The van der Waals surface area contributed by atoms with Crippen molar-refractivity contribution in [2.45, 2.75) is 12.0 Å². The molecular weight excluding hydrogens is 452 g/mol. The summed E-state index contributed by atoms with van der Waals surface area (Å²) in [5, 5.41) is 18.5. The molecule has 2 atom stereocenters. The highest BCUT2D eigenvalue weighted by atomic mass is 16.5. The third-order valence-corrected chi connectivity index (χ3v) is 6.47. The fraction of sp³-hybridized carbons (Fsp3) is 0.280. The number of carbonyl (C=O) groups is 3. The quantitative estimate of drug-likeness (QED) is 0.498. The first-order valence-electron chi connectivity index (χ1n) is 11.2. The molecule has 2 unspecified atom stereocenters. The van der Waals surface area contributed by atoms with Crippen LogP contribution in [0.4, 0.5) is 10.6 Å². The number of carboxylic acid groups (broad SMARTS) is 1. The maximum atomic E-state index is 12.9. The number of aryl methyl sites for hydroxylation is 1. The number of aromatic carboxylic acids is 1. The average molecular weight is 476 g/mol.